The molecule has 75 heavy (non-hydrogen) atoms. The van der Waals surface area contributed by atoms with Crippen molar-refractivity contribution in [3.05, 3.63) is 152 Å². The molecule has 384 valence electrons. The summed E-state index contributed by atoms with van der Waals surface area (Å²) in [6.07, 6.45) is 6.68. The lowest BCUT2D eigenvalue weighted by Crippen LogP contribution is -2.44. The number of anilines is 2. The molecule has 2 saturated heterocycles. The van der Waals surface area contributed by atoms with Gasteiger partial charge >= 0.3 is 5.97 Å². The van der Waals surface area contributed by atoms with Crippen LogP contribution in [0.5, 0.6) is 0 Å². The Kier molecular flexibility index (Phi) is 14.8. The number of fused-ring (bicyclic) bond motifs is 10. The molecule has 10 aromatic rings. The highest BCUT2D eigenvalue weighted by molar-refractivity contribution is 7.24. The molecule has 2 aliphatic heterocycles. The van der Waals surface area contributed by atoms with Crippen molar-refractivity contribution in [2.45, 2.75) is 33.9 Å². The number of hydrogen-bond acceptors (Lipinski definition) is 18. The lowest BCUT2D eigenvalue weighted by atomic mass is 10.1. The van der Waals surface area contributed by atoms with E-state index < -0.39 is 11.9 Å². The number of hydrogen-bond donors (Lipinski definition) is 2. The van der Waals surface area contributed by atoms with Crippen LogP contribution in [0, 0.1) is 13.8 Å². The SMILES string of the molecule is CCOC(=O)c1c(=O)c2ccc(N3CCN(C)CC3)nc2n2c1sc1ccccc12.Cc1cnc(CN)cn1.Cc1cnc(CNC(=O)c2c(=O)c3ccc(N4CCN(C)CC4)nc3n3c2sc2ccccc23)cn1. The molecular weight excluding hydrogens is 989 g/mol. The summed E-state index contributed by atoms with van der Waals surface area (Å²) in [4.78, 5) is 89.7. The third kappa shape index (κ3) is 10.4. The Bertz CT molecular complexity index is 3860. The molecule has 21 heteroatoms. The number of carbonyl (C=O) groups is 2. The molecule has 19 nitrogen and oxygen atoms in total. The second-order valence-corrected chi connectivity index (χ2v) is 20.5. The van der Waals surface area contributed by atoms with Crippen LogP contribution in [-0.2, 0) is 17.8 Å². The van der Waals surface area contributed by atoms with E-state index in [1.165, 1.54) is 22.7 Å². The second-order valence-electron chi connectivity index (χ2n) is 18.4. The Morgan fingerprint density at radius 2 is 1.08 bits per heavy atom. The van der Waals surface area contributed by atoms with Gasteiger partial charge in [0.15, 0.2) is 11.3 Å². The maximum absolute atomic E-state index is 13.7. The van der Waals surface area contributed by atoms with Gasteiger partial charge in [0.25, 0.3) is 5.91 Å². The highest BCUT2D eigenvalue weighted by atomic mass is 32.1. The quantitative estimate of drug-likeness (QED) is 0.165. The molecule has 0 aliphatic carbocycles. The minimum absolute atomic E-state index is 0.0831. The third-order valence-electron chi connectivity index (χ3n) is 13.2. The minimum atomic E-state index is -0.586. The van der Waals surface area contributed by atoms with Gasteiger partial charge in [0.05, 0.1) is 73.3 Å². The van der Waals surface area contributed by atoms with Crippen LogP contribution in [0.4, 0.5) is 11.6 Å². The lowest BCUT2D eigenvalue weighted by molar-refractivity contribution is 0.0527. The molecule has 10 heterocycles. The maximum Gasteiger partial charge on any atom is 0.345 e. The van der Waals surface area contributed by atoms with Crippen LogP contribution in [0.1, 0.15) is 50.4 Å². The Hall–Kier alpha value is -7.82. The first-order valence-electron chi connectivity index (χ1n) is 24.7. The number of rotatable bonds is 8. The summed E-state index contributed by atoms with van der Waals surface area (Å²) in [5.41, 5.74) is 11.0. The number of nitrogens with zero attached hydrogens (tertiary/aromatic N) is 12. The van der Waals surface area contributed by atoms with E-state index in [9.17, 15) is 19.2 Å². The molecule has 2 aliphatic rings. The molecule has 2 fully saturated rings. The molecule has 0 radical (unpaired) electrons. The van der Waals surface area contributed by atoms with Crippen LogP contribution >= 0.6 is 22.7 Å². The Morgan fingerprint density at radius 3 is 1.55 bits per heavy atom. The Morgan fingerprint density at radius 1 is 0.613 bits per heavy atom. The number of amides is 1. The summed E-state index contributed by atoms with van der Waals surface area (Å²) in [5.74, 6) is 0.672. The van der Waals surface area contributed by atoms with Gasteiger partial charge < -0.3 is 35.4 Å². The topological polar surface area (TPSA) is 215 Å². The van der Waals surface area contributed by atoms with Crippen LogP contribution in [0.25, 0.3) is 52.2 Å². The summed E-state index contributed by atoms with van der Waals surface area (Å²) < 4.78 is 11.1. The third-order valence-corrected chi connectivity index (χ3v) is 15.5. The number of aromatic nitrogens is 8. The fraction of sp³-hybridized carbons (Fsp3) is 0.296. The average molecular weight is 1050 g/mol. The van der Waals surface area contributed by atoms with Gasteiger partial charge in [0.1, 0.15) is 32.4 Å². The monoisotopic (exact) mass is 1040 g/mol. The number of aryl methyl sites for hydroxylation is 2. The molecule has 0 saturated carbocycles. The van der Waals surface area contributed by atoms with Crippen molar-refractivity contribution in [3.63, 3.8) is 0 Å². The van der Waals surface area contributed by atoms with E-state index in [1.807, 2.05) is 83.3 Å². The number of nitrogens with two attached hydrogens (primary N) is 1. The van der Waals surface area contributed by atoms with E-state index in [-0.39, 0.29) is 35.1 Å². The van der Waals surface area contributed by atoms with Gasteiger partial charge in [0, 0.05) is 77.5 Å². The van der Waals surface area contributed by atoms with Gasteiger partial charge in [-0.15, -0.1) is 22.7 Å². The second kappa shape index (κ2) is 21.9. The zero-order chi connectivity index (χ0) is 52.3. The number of likely N-dealkylation sites (N-methyl/N-ethyl adjacent to an activating group) is 2. The predicted octanol–water partition coefficient (Wildman–Crippen LogP) is 6.08. The van der Waals surface area contributed by atoms with Crippen LogP contribution in [-0.4, -0.2) is 133 Å². The standard InChI is InChI=1S/C26H25N7O2S.C22H22N4O3S.C6H9N3/c1-16-13-28-17(14-27-16)15-29-25(35)22-23(34)18-7-8-21(32-11-9-31(2)10-12-32)30-24(18)33-19-5-3-4-6-20(19)36-26(22)33;1-3-29-22(28)18-19(27)14-8-9-17(25-12-10-24(2)11-13-25)23-20(14)26-15-6-4-5-7-16(15)30-21(18)26;1-5-3-9-6(2-7)4-8-5/h3-8,13-14H,9-12,15H2,1-2H3,(H,29,35);4-9H,3,10-13H2,1-2H3;3-4H,2,7H2,1H3. The van der Waals surface area contributed by atoms with Crippen molar-refractivity contribution in [1.82, 2.24) is 53.8 Å². The zero-order valence-corrected chi connectivity index (χ0v) is 44.0. The minimum Gasteiger partial charge on any atom is -0.462 e. The molecule has 8 aromatic heterocycles. The molecule has 0 atom stereocenters. The van der Waals surface area contributed by atoms with Gasteiger partial charge in [-0.2, -0.15) is 0 Å². The summed E-state index contributed by atoms with van der Waals surface area (Å²) in [5, 5.41) is 3.72. The van der Waals surface area contributed by atoms with Crippen LogP contribution in [0.15, 0.2) is 107 Å². The largest absolute Gasteiger partial charge is 0.462 e. The molecule has 12 rings (SSSR count). The fourth-order valence-electron chi connectivity index (χ4n) is 9.06. The average Bonchev–Trinajstić information content (AvgIpc) is 4.02. The number of esters is 1. The molecule has 3 N–H and O–H groups in total. The van der Waals surface area contributed by atoms with Crippen molar-refractivity contribution in [3.8, 4) is 0 Å². The summed E-state index contributed by atoms with van der Waals surface area (Å²) in [6.45, 7) is 13.7. The lowest BCUT2D eigenvalue weighted by Gasteiger charge is -2.33. The van der Waals surface area contributed by atoms with E-state index in [1.54, 1.807) is 43.8 Å². The van der Waals surface area contributed by atoms with Crippen molar-refractivity contribution < 1.29 is 14.3 Å². The van der Waals surface area contributed by atoms with E-state index in [0.29, 0.717) is 44.0 Å². The van der Waals surface area contributed by atoms with Crippen LogP contribution in [0.2, 0.25) is 0 Å². The number of carbonyl (C=O) groups excluding carboxylic acids is 2. The van der Waals surface area contributed by atoms with Gasteiger partial charge in [-0.05, 0) is 83.4 Å². The first kappa shape index (κ1) is 50.7. The molecule has 2 aromatic carbocycles. The van der Waals surface area contributed by atoms with Crippen molar-refractivity contribution in [1.29, 1.82) is 0 Å². The molecule has 0 bridgehead atoms. The van der Waals surface area contributed by atoms with Crippen LogP contribution in [0.3, 0.4) is 0 Å². The smallest absolute Gasteiger partial charge is 0.345 e. The van der Waals surface area contributed by atoms with E-state index >= 15 is 0 Å². The number of piperazine rings is 2. The first-order chi connectivity index (χ1) is 36.4. The molecular formula is C54H56N14O5S2. The number of para-hydroxylation sites is 2. The number of pyridine rings is 4. The van der Waals surface area contributed by atoms with Gasteiger partial charge in [0.2, 0.25) is 10.9 Å². The van der Waals surface area contributed by atoms with E-state index in [0.717, 1.165) is 102 Å². The van der Waals surface area contributed by atoms with Crippen molar-refractivity contribution >= 4 is 98.3 Å². The summed E-state index contributed by atoms with van der Waals surface area (Å²) in [7, 11) is 4.23. The summed E-state index contributed by atoms with van der Waals surface area (Å²) >= 11 is 2.84. The van der Waals surface area contributed by atoms with Crippen molar-refractivity contribution in [2.24, 2.45) is 5.73 Å². The molecule has 0 spiro atoms. The van der Waals surface area contributed by atoms with Gasteiger partial charge in [-0.25, -0.2) is 14.8 Å². The number of thiazole rings is 2. The molecule has 0 unspecified atom stereocenters. The van der Waals surface area contributed by atoms with Gasteiger partial charge in [-0.3, -0.25) is 43.1 Å². The summed E-state index contributed by atoms with van der Waals surface area (Å²) in [6, 6.07) is 23.1. The zero-order valence-electron chi connectivity index (χ0n) is 42.3. The maximum atomic E-state index is 13.7. The first-order valence-corrected chi connectivity index (χ1v) is 26.4. The van der Waals surface area contributed by atoms with E-state index in [2.05, 4.69) is 58.9 Å². The number of ether oxygens (including phenoxy) is 1. The Balaban J connectivity index is 0.000000148. The van der Waals surface area contributed by atoms with Crippen molar-refractivity contribution in [2.75, 3.05) is 82.9 Å². The Labute approximate surface area is 438 Å². The van der Waals surface area contributed by atoms with Crippen LogP contribution < -0.4 is 31.7 Å². The molecule has 1 amide bonds. The number of benzene rings is 2. The number of nitrogens with one attached hydrogen (secondary N) is 1. The predicted molar refractivity (Wildman–Crippen MR) is 297 cm³/mol. The highest BCUT2D eigenvalue weighted by Crippen LogP contribution is 2.33. The van der Waals surface area contributed by atoms with E-state index in [4.69, 9.17) is 20.4 Å². The fourth-order valence-corrected chi connectivity index (χ4v) is 11.4. The highest BCUT2D eigenvalue weighted by Gasteiger charge is 2.27. The van der Waals surface area contributed by atoms with Gasteiger partial charge in [-0.1, -0.05) is 24.3 Å². The normalized spacial score (nSPS) is 14.3.